The molecule has 0 N–H and O–H groups in total. The van der Waals surface area contributed by atoms with Crippen molar-refractivity contribution >= 4 is 17.6 Å². The number of hydrogen-bond acceptors (Lipinski definition) is 5. The van der Waals surface area contributed by atoms with Crippen LogP contribution in [0.4, 0.5) is 5.69 Å². The summed E-state index contributed by atoms with van der Waals surface area (Å²) in [5, 5.41) is 4.27. The van der Waals surface area contributed by atoms with E-state index in [1.165, 1.54) is 19.1 Å². The minimum atomic E-state index is -0.746. The maximum atomic E-state index is 12.3. The molecule has 1 heterocycles. The highest BCUT2D eigenvalue weighted by Crippen LogP contribution is 2.26. The second kappa shape index (κ2) is 6.51. The third-order valence-electron chi connectivity index (χ3n) is 3.18. The lowest BCUT2D eigenvalue weighted by molar-refractivity contribution is -0.143. The molecule has 0 aliphatic carbocycles. The Morgan fingerprint density at radius 2 is 1.95 bits per heavy atom. The Morgan fingerprint density at radius 1 is 1.35 bits per heavy atom. The van der Waals surface area contributed by atoms with Gasteiger partial charge in [-0.05, 0) is 20.8 Å². The fourth-order valence-electron chi connectivity index (χ4n) is 2.11. The smallest absolute Gasteiger partial charge is 0.328 e. The molecule has 0 spiro atoms. The summed E-state index contributed by atoms with van der Waals surface area (Å²) in [6, 6.07) is -0.746. The lowest BCUT2D eigenvalue weighted by Gasteiger charge is -2.27. The third kappa shape index (κ3) is 2.98. The van der Waals surface area contributed by atoms with Gasteiger partial charge in [0.15, 0.2) is 0 Å². The van der Waals surface area contributed by atoms with E-state index >= 15 is 0 Å². The fourth-order valence-corrected chi connectivity index (χ4v) is 2.11. The number of amides is 1. The Morgan fingerprint density at radius 3 is 2.35 bits per heavy atom. The molecular weight excluding hydrogens is 262 g/mol. The third-order valence-corrected chi connectivity index (χ3v) is 3.18. The van der Waals surface area contributed by atoms with Gasteiger partial charge in [0.05, 0.1) is 24.2 Å². The first-order chi connectivity index (χ1) is 9.34. The first-order valence-corrected chi connectivity index (χ1v) is 6.24. The molecule has 0 saturated heterocycles. The average molecular weight is 283 g/mol. The van der Waals surface area contributed by atoms with Gasteiger partial charge >= 0.3 is 5.97 Å². The van der Waals surface area contributed by atoms with Crippen LogP contribution < -0.4 is 4.90 Å². The van der Waals surface area contributed by atoms with Crippen molar-refractivity contribution in [1.82, 2.24) is 9.78 Å². The van der Waals surface area contributed by atoms with Crippen molar-refractivity contribution in [2.45, 2.75) is 26.8 Å². The van der Waals surface area contributed by atoms with Gasteiger partial charge in [0.2, 0.25) is 0 Å². The number of carbonyl (C=O) groups excluding carboxylic acids is 2. The molecule has 1 aromatic rings. The van der Waals surface area contributed by atoms with Gasteiger partial charge < -0.3 is 9.47 Å². The van der Waals surface area contributed by atoms with Crippen LogP contribution in [0.15, 0.2) is 0 Å². The van der Waals surface area contributed by atoms with Gasteiger partial charge in [0.1, 0.15) is 12.6 Å². The van der Waals surface area contributed by atoms with E-state index in [4.69, 9.17) is 9.47 Å². The Kier molecular flexibility index (Phi) is 5.26. The molecule has 7 heteroatoms. The molecule has 0 saturated carbocycles. The molecule has 1 amide bonds. The molecule has 7 nitrogen and oxygen atoms in total. The van der Waals surface area contributed by atoms with Crippen molar-refractivity contribution in [2.24, 2.45) is 7.05 Å². The van der Waals surface area contributed by atoms with Gasteiger partial charge in [-0.3, -0.25) is 14.4 Å². The fraction of sp³-hybridized carbons (Fsp3) is 0.615. The van der Waals surface area contributed by atoms with E-state index in [0.29, 0.717) is 11.4 Å². The number of aromatic nitrogens is 2. The number of nitrogens with zero attached hydrogens (tertiary/aromatic N) is 3. The molecule has 1 rings (SSSR count). The zero-order valence-electron chi connectivity index (χ0n) is 12.8. The van der Waals surface area contributed by atoms with Crippen LogP contribution in [-0.4, -0.2) is 48.5 Å². The van der Waals surface area contributed by atoms with Gasteiger partial charge in [-0.15, -0.1) is 0 Å². The molecule has 0 bridgehead atoms. The molecule has 1 atom stereocenters. The van der Waals surface area contributed by atoms with Crippen LogP contribution in [0, 0.1) is 13.8 Å². The summed E-state index contributed by atoms with van der Waals surface area (Å²) in [6.07, 6.45) is 0. The minimum Gasteiger partial charge on any atom is -0.467 e. The number of methoxy groups -OCH3 is 2. The number of ether oxygens (including phenoxy) is 2. The lowest BCUT2D eigenvalue weighted by atomic mass is 10.2. The van der Waals surface area contributed by atoms with Crippen LogP contribution in [0.1, 0.15) is 18.3 Å². The summed E-state index contributed by atoms with van der Waals surface area (Å²) < 4.78 is 11.3. The number of anilines is 1. The molecule has 20 heavy (non-hydrogen) atoms. The first-order valence-electron chi connectivity index (χ1n) is 6.24. The monoisotopic (exact) mass is 283 g/mol. The molecule has 112 valence electrons. The predicted molar refractivity (Wildman–Crippen MR) is 73.5 cm³/mol. The van der Waals surface area contributed by atoms with E-state index in [1.807, 2.05) is 6.92 Å². The highest BCUT2D eigenvalue weighted by atomic mass is 16.5. The Balaban J connectivity index is 3.30. The van der Waals surface area contributed by atoms with E-state index in [0.717, 1.165) is 5.69 Å². The Hall–Kier alpha value is -1.89. The number of rotatable bonds is 5. The Labute approximate surface area is 118 Å². The van der Waals surface area contributed by atoms with Crippen LogP contribution in [-0.2, 0) is 26.1 Å². The molecule has 0 aromatic carbocycles. The summed E-state index contributed by atoms with van der Waals surface area (Å²) in [6.45, 7) is 5.13. The molecule has 0 aliphatic heterocycles. The number of carbonyl (C=O) groups is 2. The van der Waals surface area contributed by atoms with Gasteiger partial charge in [-0.1, -0.05) is 0 Å². The second-order valence-corrected chi connectivity index (χ2v) is 4.54. The van der Waals surface area contributed by atoms with Crippen LogP contribution in [0.2, 0.25) is 0 Å². The highest BCUT2D eigenvalue weighted by molar-refractivity contribution is 6.00. The summed E-state index contributed by atoms with van der Waals surface area (Å²) >= 11 is 0. The van der Waals surface area contributed by atoms with Crippen molar-refractivity contribution in [1.29, 1.82) is 0 Å². The van der Waals surface area contributed by atoms with Crippen molar-refractivity contribution in [2.75, 3.05) is 25.7 Å². The SMILES string of the molecule is COCC(=O)N(c1c(C)nn(C)c1C)[C@@H](C)C(=O)OC. The van der Waals surface area contributed by atoms with E-state index in [9.17, 15) is 9.59 Å². The number of esters is 1. The summed E-state index contributed by atoms with van der Waals surface area (Å²) in [5.41, 5.74) is 2.08. The zero-order chi connectivity index (χ0) is 15.4. The van der Waals surface area contributed by atoms with Gasteiger partial charge in [0.25, 0.3) is 5.91 Å². The maximum absolute atomic E-state index is 12.3. The topological polar surface area (TPSA) is 73.7 Å². The summed E-state index contributed by atoms with van der Waals surface area (Å²) in [5.74, 6) is -0.804. The summed E-state index contributed by atoms with van der Waals surface area (Å²) in [7, 11) is 4.51. The van der Waals surface area contributed by atoms with E-state index < -0.39 is 12.0 Å². The molecule has 0 fully saturated rings. The normalized spacial score (nSPS) is 12.1. The number of aryl methyl sites for hydroxylation is 2. The van der Waals surface area contributed by atoms with Crippen molar-refractivity contribution in [3.05, 3.63) is 11.4 Å². The second-order valence-electron chi connectivity index (χ2n) is 4.54. The van der Waals surface area contributed by atoms with Gasteiger partial charge in [-0.2, -0.15) is 5.10 Å². The Bertz CT molecular complexity index is 510. The van der Waals surface area contributed by atoms with Crippen LogP contribution in [0.3, 0.4) is 0 Å². The quantitative estimate of drug-likeness (QED) is 0.739. The molecule has 1 aromatic heterocycles. The standard InChI is InChI=1S/C13H21N3O4/c1-8-12(9(2)15(4)14-8)16(11(17)7-19-5)10(3)13(18)20-6/h10H,7H2,1-6H3/t10-/m0/s1. The summed E-state index contributed by atoms with van der Waals surface area (Å²) in [4.78, 5) is 25.4. The van der Waals surface area contributed by atoms with Gasteiger partial charge in [0, 0.05) is 14.2 Å². The lowest BCUT2D eigenvalue weighted by Crippen LogP contribution is -2.46. The molecule has 0 radical (unpaired) electrons. The van der Waals surface area contributed by atoms with Crippen molar-refractivity contribution < 1.29 is 19.1 Å². The molecule has 0 unspecified atom stereocenters. The predicted octanol–water partition coefficient (Wildman–Crippen LogP) is 0.578. The van der Waals surface area contributed by atoms with Gasteiger partial charge in [-0.25, -0.2) is 4.79 Å². The minimum absolute atomic E-state index is 0.116. The maximum Gasteiger partial charge on any atom is 0.328 e. The highest BCUT2D eigenvalue weighted by Gasteiger charge is 2.31. The molecule has 0 aliphatic rings. The van der Waals surface area contributed by atoms with Crippen LogP contribution in [0.25, 0.3) is 0 Å². The average Bonchev–Trinajstić information content (AvgIpc) is 2.65. The van der Waals surface area contributed by atoms with Crippen molar-refractivity contribution in [3.63, 3.8) is 0 Å². The number of hydrogen-bond donors (Lipinski definition) is 0. The van der Waals surface area contributed by atoms with Crippen LogP contribution >= 0.6 is 0 Å². The zero-order valence-corrected chi connectivity index (χ0v) is 12.8. The first kappa shape index (κ1) is 16.2. The largest absolute Gasteiger partial charge is 0.467 e. The van der Waals surface area contributed by atoms with E-state index in [1.54, 1.807) is 25.6 Å². The van der Waals surface area contributed by atoms with Crippen molar-refractivity contribution in [3.8, 4) is 0 Å². The van der Waals surface area contributed by atoms with E-state index in [-0.39, 0.29) is 12.5 Å². The molecular formula is C13H21N3O4. The van der Waals surface area contributed by atoms with Crippen LogP contribution in [0.5, 0.6) is 0 Å². The van der Waals surface area contributed by atoms with E-state index in [2.05, 4.69) is 5.10 Å².